The van der Waals surface area contributed by atoms with Gasteiger partial charge in [0, 0.05) is 25.1 Å². The molecule has 0 aliphatic carbocycles. The van der Waals surface area contributed by atoms with Gasteiger partial charge in [0.25, 0.3) is 0 Å². The quantitative estimate of drug-likeness (QED) is 0.374. The molecular formula is C16H19N5O2S. The molecule has 3 rings (SSSR count). The molecule has 1 aromatic carbocycles. The highest BCUT2D eigenvalue weighted by atomic mass is 32.1. The topological polar surface area (TPSA) is 85.4 Å². The number of thiocarbonyl (C=S) groups is 1. The fraction of sp³-hybridized carbons (Fsp3) is 0.312. The molecule has 8 heteroatoms. The Kier molecular flexibility index (Phi) is 4.77. The van der Waals surface area contributed by atoms with Crippen LogP contribution >= 0.6 is 12.2 Å². The lowest BCUT2D eigenvalue weighted by Gasteiger charge is -2.29. The number of nitrogens with zero attached hydrogens (tertiary/aromatic N) is 3. The lowest BCUT2D eigenvalue weighted by Crippen LogP contribution is -2.45. The van der Waals surface area contributed by atoms with Crippen molar-refractivity contribution in [3.8, 4) is 5.69 Å². The SMILES string of the molecule is CCOC(=O)c1nn(-c2ccccc2)c2c1CN(C(=S)NN)CC2. The summed E-state index contributed by atoms with van der Waals surface area (Å²) in [5.74, 6) is 5.00. The average Bonchev–Trinajstić information content (AvgIpc) is 3.01. The van der Waals surface area contributed by atoms with Gasteiger partial charge < -0.3 is 15.1 Å². The molecule has 0 saturated heterocycles. The lowest BCUT2D eigenvalue weighted by molar-refractivity contribution is 0.0517. The Morgan fingerprint density at radius 2 is 2.17 bits per heavy atom. The first-order chi connectivity index (χ1) is 11.7. The van der Waals surface area contributed by atoms with Crippen LogP contribution in [0, 0.1) is 0 Å². The van der Waals surface area contributed by atoms with Gasteiger partial charge in [0.2, 0.25) is 0 Å². The predicted octanol–water partition coefficient (Wildman–Crippen LogP) is 1.16. The zero-order valence-corrected chi connectivity index (χ0v) is 14.2. The summed E-state index contributed by atoms with van der Waals surface area (Å²) in [6.07, 6.45) is 0.707. The van der Waals surface area contributed by atoms with Crippen LogP contribution in [0.2, 0.25) is 0 Å². The third-order valence-electron chi connectivity index (χ3n) is 3.94. The normalized spacial score (nSPS) is 13.3. The van der Waals surface area contributed by atoms with E-state index in [0.717, 1.165) is 16.9 Å². The van der Waals surface area contributed by atoms with Gasteiger partial charge in [-0.15, -0.1) is 0 Å². The molecule has 1 aliphatic rings. The monoisotopic (exact) mass is 345 g/mol. The highest BCUT2D eigenvalue weighted by molar-refractivity contribution is 7.80. The molecule has 0 unspecified atom stereocenters. The highest BCUT2D eigenvalue weighted by Crippen LogP contribution is 2.26. The van der Waals surface area contributed by atoms with Crippen molar-refractivity contribution in [2.75, 3.05) is 13.2 Å². The molecule has 2 heterocycles. The summed E-state index contributed by atoms with van der Waals surface area (Å²) < 4.78 is 6.98. The van der Waals surface area contributed by atoms with Crippen molar-refractivity contribution in [2.24, 2.45) is 5.84 Å². The molecule has 24 heavy (non-hydrogen) atoms. The maximum absolute atomic E-state index is 12.3. The standard InChI is InChI=1S/C16H19N5O2S/c1-2-23-15(22)14-12-10-20(16(24)18-17)9-8-13(12)21(19-14)11-6-4-3-5-7-11/h3-7H,2,8-10,17H2,1H3,(H,18,24). The first kappa shape index (κ1) is 16.4. The molecule has 1 aromatic heterocycles. The average molecular weight is 345 g/mol. The number of nitrogens with one attached hydrogen (secondary N) is 1. The third-order valence-corrected chi connectivity index (χ3v) is 4.31. The van der Waals surface area contributed by atoms with Gasteiger partial charge >= 0.3 is 5.97 Å². The minimum Gasteiger partial charge on any atom is -0.461 e. The Labute approximate surface area is 145 Å². The number of fused-ring (bicyclic) bond motifs is 1. The molecular weight excluding hydrogens is 326 g/mol. The van der Waals surface area contributed by atoms with Crippen molar-refractivity contribution < 1.29 is 9.53 Å². The van der Waals surface area contributed by atoms with Crippen LogP contribution in [0.25, 0.3) is 5.69 Å². The van der Waals surface area contributed by atoms with E-state index in [-0.39, 0.29) is 0 Å². The number of ether oxygens (including phenoxy) is 1. The predicted molar refractivity (Wildman–Crippen MR) is 93.6 cm³/mol. The van der Waals surface area contributed by atoms with E-state index in [9.17, 15) is 4.79 Å². The zero-order valence-electron chi connectivity index (χ0n) is 13.4. The summed E-state index contributed by atoms with van der Waals surface area (Å²) >= 11 is 5.21. The smallest absolute Gasteiger partial charge is 0.359 e. The summed E-state index contributed by atoms with van der Waals surface area (Å²) in [7, 11) is 0. The van der Waals surface area contributed by atoms with Gasteiger partial charge in [-0.05, 0) is 31.3 Å². The molecule has 0 fully saturated rings. The van der Waals surface area contributed by atoms with Gasteiger partial charge in [0.05, 0.1) is 18.0 Å². The number of hydrogen-bond acceptors (Lipinski definition) is 5. The van der Waals surface area contributed by atoms with Gasteiger partial charge in [-0.25, -0.2) is 15.3 Å². The van der Waals surface area contributed by atoms with E-state index in [1.54, 1.807) is 6.92 Å². The first-order valence-corrected chi connectivity index (χ1v) is 8.15. The Hall–Kier alpha value is -2.45. The largest absolute Gasteiger partial charge is 0.461 e. The summed E-state index contributed by atoms with van der Waals surface area (Å²) in [5.41, 5.74) is 5.57. The van der Waals surface area contributed by atoms with E-state index < -0.39 is 5.97 Å². The second-order valence-corrected chi connectivity index (χ2v) is 5.75. The number of para-hydroxylation sites is 1. The molecule has 3 N–H and O–H groups in total. The number of aromatic nitrogens is 2. The Balaban J connectivity index is 2.05. The maximum atomic E-state index is 12.3. The number of benzene rings is 1. The van der Waals surface area contributed by atoms with Crippen LogP contribution in [0.3, 0.4) is 0 Å². The first-order valence-electron chi connectivity index (χ1n) is 7.74. The zero-order chi connectivity index (χ0) is 17.1. The van der Waals surface area contributed by atoms with Crippen molar-refractivity contribution in [1.29, 1.82) is 0 Å². The highest BCUT2D eigenvalue weighted by Gasteiger charge is 2.30. The molecule has 0 bridgehead atoms. The van der Waals surface area contributed by atoms with Gasteiger partial charge in [-0.3, -0.25) is 0 Å². The number of rotatable bonds is 3. The van der Waals surface area contributed by atoms with Crippen molar-refractivity contribution in [3.05, 3.63) is 47.3 Å². The van der Waals surface area contributed by atoms with Crippen molar-refractivity contribution >= 4 is 23.3 Å². The van der Waals surface area contributed by atoms with Gasteiger partial charge in [-0.2, -0.15) is 5.10 Å². The van der Waals surface area contributed by atoms with Crippen LogP contribution in [-0.2, 0) is 17.7 Å². The summed E-state index contributed by atoms with van der Waals surface area (Å²) in [4.78, 5) is 14.2. The van der Waals surface area contributed by atoms with Crippen molar-refractivity contribution in [1.82, 2.24) is 20.1 Å². The fourth-order valence-corrected chi connectivity index (χ4v) is 2.99. The molecule has 0 radical (unpaired) electrons. The number of carbonyl (C=O) groups excluding carboxylic acids is 1. The van der Waals surface area contributed by atoms with Gasteiger partial charge in [-0.1, -0.05) is 18.2 Å². The molecule has 1 aliphatic heterocycles. The minimum atomic E-state index is -0.420. The van der Waals surface area contributed by atoms with Gasteiger partial charge in [0.15, 0.2) is 10.8 Å². The Bertz CT molecular complexity index is 759. The van der Waals surface area contributed by atoms with E-state index in [1.165, 1.54) is 0 Å². The lowest BCUT2D eigenvalue weighted by atomic mass is 10.1. The number of hydrazine groups is 1. The van der Waals surface area contributed by atoms with Crippen LogP contribution in [0.15, 0.2) is 30.3 Å². The maximum Gasteiger partial charge on any atom is 0.359 e. The molecule has 0 atom stereocenters. The fourth-order valence-electron chi connectivity index (χ4n) is 2.83. The summed E-state index contributed by atoms with van der Waals surface area (Å²) in [6.45, 7) is 3.26. The number of carbonyl (C=O) groups is 1. The van der Waals surface area contributed by atoms with Crippen molar-refractivity contribution in [2.45, 2.75) is 19.9 Å². The Morgan fingerprint density at radius 1 is 1.42 bits per heavy atom. The number of hydrogen-bond donors (Lipinski definition) is 2. The summed E-state index contributed by atoms with van der Waals surface area (Å²) in [6, 6.07) is 9.74. The van der Waals surface area contributed by atoms with Crippen LogP contribution in [-0.4, -0.2) is 38.9 Å². The molecule has 0 spiro atoms. The van der Waals surface area contributed by atoms with Crippen LogP contribution < -0.4 is 11.3 Å². The molecule has 7 nitrogen and oxygen atoms in total. The van der Waals surface area contributed by atoms with Crippen LogP contribution in [0.4, 0.5) is 0 Å². The molecule has 0 amide bonds. The van der Waals surface area contributed by atoms with Crippen LogP contribution in [0.5, 0.6) is 0 Å². The van der Waals surface area contributed by atoms with E-state index >= 15 is 0 Å². The van der Waals surface area contributed by atoms with Crippen molar-refractivity contribution in [3.63, 3.8) is 0 Å². The van der Waals surface area contributed by atoms with E-state index in [2.05, 4.69) is 10.5 Å². The van der Waals surface area contributed by atoms with E-state index in [0.29, 0.717) is 36.9 Å². The molecule has 0 saturated carbocycles. The minimum absolute atomic E-state index is 0.304. The Morgan fingerprint density at radius 3 is 2.83 bits per heavy atom. The van der Waals surface area contributed by atoms with E-state index in [4.69, 9.17) is 22.8 Å². The number of nitrogens with two attached hydrogens (primary N) is 1. The second-order valence-electron chi connectivity index (χ2n) is 5.36. The van der Waals surface area contributed by atoms with E-state index in [1.807, 2.05) is 39.9 Å². The summed E-state index contributed by atoms with van der Waals surface area (Å²) in [5, 5.41) is 4.97. The molecule has 126 valence electrons. The number of esters is 1. The third kappa shape index (κ3) is 2.98. The van der Waals surface area contributed by atoms with Crippen LogP contribution in [0.1, 0.15) is 28.7 Å². The van der Waals surface area contributed by atoms with Gasteiger partial charge in [0.1, 0.15) is 0 Å². The second kappa shape index (κ2) is 6.98. The molecule has 2 aromatic rings.